The van der Waals surface area contributed by atoms with E-state index in [2.05, 4.69) is 34.6 Å². The van der Waals surface area contributed by atoms with Gasteiger partial charge in [0.05, 0.1) is 0 Å². The highest BCUT2D eigenvalue weighted by Gasteiger charge is 2.19. The molecule has 0 N–H and O–H groups in total. The molecule has 0 unspecified atom stereocenters. The van der Waals surface area contributed by atoms with Crippen LogP contribution in [0.25, 0.3) is 0 Å². The Morgan fingerprint density at radius 3 is 0.721 bits per heavy atom. The van der Waals surface area contributed by atoms with Crippen molar-refractivity contribution >= 4 is 17.9 Å². The Hall–Kier alpha value is -1.59. The molecule has 1 atom stereocenters. The normalized spacial score (nSPS) is 12.0. The molecule has 0 spiro atoms. The molecule has 0 fully saturated rings. The minimum Gasteiger partial charge on any atom is -0.462 e. The third-order valence-electron chi connectivity index (χ3n) is 14.2. The number of rotatable bonds is 56. The molecule has 0 heterocycles. The van der Waals surface area contributed by atoms with E-state index in [0.29, 0.717) is 19.3 Å². The van der Waals surface area contributed by atoms with E-state index >= 15 is 0 Å². The average molecular weight is 962 g/mol. The Bertz CT molecular complexity index is 1040. The van der Waals surface area contributed by atoms with Crippen LogP contribution in [0.4, 0.5) is 0 Å². The molecule has 0 aromatic heterocycles. The van der Waals surface area contributed by atoms with Crippen LogP contribution < -0.4 is 0 Å². The largest absolute Gasteiger partial charge is 0.462 e. The molecule has 0 rings (SSSR count). The number of carbonyl (C=O) groups excluding carboxylic acids is 3. The lowest BCUT2D eigenvalue weighted by Gasteiger charge is -2.18. The first-order valence-corrected chi connectivity index (χ1v) is 30.7. The lowest BCUT2D eigenvalue weighted by atomic mass is 10.0. The van der Waals surface area contributed by atoms with E-state index in [1.807, 2.05) is 0 Å². The van der Waals surface area contributed by atoms with Gasteiger partial charge in [0.2, 0.25) is 0 Å². The topological polar surface area (TPSA) is 78.9 Å². The van der Waals surface area contributed by atoms with E-state index in [-0.39, 0.29) is 31.1 Å². The van der Waals surface area contributed by atoms with Crippen LogP contribution in [-0.2, 0) is 28.6 Å². The van der Waals surface area contributed by atoms with E-state index in [4.69, 9.17) is 14.2 Å². The van der Waals surface area contributed by atoms with Gasteiger partial charge in [-0.3, -0.25) is 14.4 Å². The molecule has 404 valence electrons. The molecule has 6 heteroatoms. The summed E-state index contributed by atoms with van der Waals surface area (Å²) in [5, 5.41) is 0. The van der Waals surface area contributed by atoms with Crippen LogP contribution >= 0.6 is 0 Å². The first-order chi connectivity index (χ1) is 33.2. The third-order valence-corrected chi connectivity index (χ3v) is 14.2. The monoisotopic (exact) mass is 961 g/mol. The van der Waals surface area contributed by atoms with Crippen molar-refractivity contribution in [3.63, 3.8) is 0 Å². The summed E-state index contributed by atoms with van der Waals surface area (Å²) in [6, 6.07) is 0. The van der Waals surface area contributed by atoms with Gasteiger partial charge in [-0.15, -0.1) is 0 Å². The van der Waals surface area contributed by atoms with Gasteiger partial charge >= 0.3 is 17.9 Å². The van der Waals surface area contributed by atoms with Crippen molar-refractivity contribution in [3.8, 4) is 0 Å². The molecule has 0 bridgehead atoms. The maximum absolute atomic E-state index is 12.9. The van der Waals surface area contributed by atoms with Crippen LogP contribution in [-0.4, -0.2) is 37.2 Å². The Morgan fingerprint density at radius 2 is 0.485 bits per heavy atom. The zero-order valence-corrected chi connectivity index (χ0v) is 46.7. The summed E-state index contributed by atoms with van der Waals surface area (Å²) in [6.45, 7) is 11.4. The second kappa shape index (κ2) is 54.7. The van der Waals surface area contributed by atoms with Crippen molar-refractivity contribution in [2.24, 2.45) is 11.8 Å². The Kier molecular flexibility index (Phi) is 53.5. The molecule has 0 aromatic rings. The van der Waals surface area contributed by atoms with Crippen molar-refractivity contribution in [2.75, 3.05) is 13.2 Å². The van der Waals surface area contributed by atoms with Gasteiger partial charge in [0.25, 0.3) is 0 Å². The maximum Gasteiger partial charge on any atom is 0.306 e. The van der Waals surface area contributed by atoms with Gasteiger partial charge in [-0.2, -0.15) is 0 Å². The highest BCUT2D eigenvalue weighted by molar-refractivity contribution is 5.71. The summed E-state index contributed by atoms with van der Waals surface area (Å²) in [5.41, 5.74) is 0. The molecule has 0 amide bonds. The van der Waals surface area contributed by atoms with Gasteiger partial charge in [0, 0.05) is 19.3 Å². The highest BCUT2D eigenvalue weighted by atomic mass is 16.6. The zero-order valence-electron chi connectivity index (χ0n) is 46.7. The van der Waals surface area contributed by atoms with Crippen LogP contribution in [0.1, 0.15) is 349 Å². The van der Waals surface area contributed by atoms with Crippen molar-refractivity contribution < 1.29 is 28.6 Å². The molecule has 0 saturated carbocycles. The number of esters is 3. The lowest BCUT2D eigenvalue weighted by molar-refractivity contribution is -0.167. The van der Waals surface area contributed by atoms with E-state index in [1.165, 1.54) is 238 Å². The molecule has 0 aromatic carbocycles. The van der Waals surface area contributed by atoms with Crippen LogP contribution in [0.15, 0.2) is 0 Å². The van der Waals surface area contributed by atoms with Gasteiger partial charge in [-0.1, -0.05) is 311 Å². The summed E-state index contributed by atoms with van der Waals surface area (Å²) >= 11 is 0. The maximum atomic E-state index is 12.9. The van der Waals surface area contributed by atoms with Gasteiger partial charge in [0.15, 0.2) is 6.10 Å². The SMILES string of the molecule is CCCCCCCCCCCCCCCCCCCCC(=O)OC[C@H](COC(=O)CCCCCCCCCCCCC(C)C)OC(=O)CCCCCCCCCCCCCCCCCCC(C)C. The fourth-order valence-corrected chi connectivity index (χ4v) is 9.58. The van der Waals surface area contributed by atoms with Crippen molar-refractivity contribution in [3.05, 3.63) is 0 Å². The summed E-state index contributed by atoms with van der Waals surface area (Å²) in [6.07, 6.45) is 59.6. The van der Waals surface area contributed by atoms with Crippen molar-refractivity contribution in [1.29, 1.82) is 0 Å². The zero-order chi connectivity index (χ0) is 49.6. The summed E-state index contributed by atoms with van der Waals surface area (Å²) in [7, 11) is 0. The molecule has 0 aliphatic rings. The number of hydrogen-bond donors (Lipinski definition) is 0. The smallest absolute Gasteiger partial charge is 0.306 e. The lowest BCUT2D eigenvalue weighted by Crippen LogP contribution is -2.30. The molecular formula is C62H120O6. The van der Waals surface area contributed by atoms with Gasteiger partial charge in [-0.05, 0) is 31.1 Å². The molecular weight excluding hydrogens is 841 g/mol. The summed E-state index contributed by atoms with van der Waals surface area (Å²) in [4.78, 5) is 38.2. The molecule has 0 saturated heterocycles. The minimum atomic E-state index is -0.763. The third kappa shape index (κ3) is 55.3. The molecule has 0 aliphatic heterocycles. The van der Waals surface area contributed by atoms with Gasteiger partial charge in [-0.25, -0.2) is 0 Å². The standard InChI is InChI=1S/C62H120O6/c1-6-7-8-9-10-11-12-13-14-15-16-20-23-26-32-37-42-47-52-60(63)66-55-59(56-67-61(64)53-48-43-38-33-29-28-31-36-41-46-51-58(4)5)68-62(65)54-49-44-39-34-27-24-21-18-17-19-22-25-30-35-40-45-50-57(2)3/h57-59H,6-56H2,1-5H3/t59-/m1/s1. The minimum absolute atomic E-state index is 0.0623. The predicted octanol–water partition coefficient (Wildman–Crippen LogP) is 20.4. The summed E-state index contributed by atoms with van der Waals surface area (Å²) in [5.74, 6) is 0.835. The summed E-state index contributed by atoms with van der Waals surface area (Å²) < 4.78 is 16.9. The molecule has 6 nitrogen and oxygen atoms in total. The number of ether oxygens (including phenoxy) is 3. The Morgan fingerprint density at radius 1 is 0.279 bits per heavy atom. The number of unbranched alkanes of at least 4 members (excludes halogenated alkanes) is 41. The van der Waals surface area contributed by atoms with Gasteiger partial charge < -0.3 is 14.2 Å². The van der Waals surface area contributed by atoms with E-state index in [1.54, 1.807) is 0 Å². The number of carbonyl (C=O) groups is 3. The Labute approximate surface area is 425 Å². The van der Waals surface area contributed by atoms with E-state index in [0.717, 1.165) is 69.6 Å². The first-order valence-electron chi connectivity index (χ1n) is 30.7. The van der Waals surface area contributed by atoms with Crippen LogP contribution in [0.5, 0.6) is 0 Å². The quantitative estimate of drug-likeness (QED) is 0.0343. The van der Waals surface area contributed by atoms with Crippen molar-refractivity contribution in [1.82, 2.24) is 0 Å². The molecule has 68 heavy (non-hydrogen) atoms. The molecule has 0 radical (unpaired) electrons. The average Bonchev–Trinajstić information content (AvgIpc) is 3.31. The fraction of sp³-hybridized carbons (Fsp3) is 0.952. The van der Waals surface area contributed by atoms with Gasteiger partial charge in [0.1, 0.15) is 13.2 Å². The second-order valence-corrected chi connectivity index (χ2v) is 22.3. The van der Waals surface area contributed by atoms with Crippen LogP contribution in [0.3, 0.4) is 0 Å². The second-order valence-electron chi connectivity index (χ2n) is 22.3. The molecule has 0 aliphatic carbocycles. The number of hydrogen-bond acceptors (Lipinski definition) is 6. The van der Waals surface area contributed by atoms with E-state index < -0.39 is 6.10 Å². The first kappa shape index (κ1) is 66.4. The Balaban J connectivity index is 4.27. The van der Waals surface area contributed by atoms with Crippen LogP contribution in [0.2, 0.25) is 0 Å². The van der Waals surface area contributed by atoms with E-state index in [9.17, 15) is 14.4 Å². The fourth-order valence-electron chi connectivity index (χ4n) is 9.58. The van der Waals surface area contributed by atoms with Crippen LogP contribution in [0, 0.1) is 11.8 Å². The predicted molar refractivity (Wildman–Crippen MR) is 293 cm³/mol. The highest BCUT2D eigenvalue weighted by Crippen LogP contribution is 2.19. The van der Waals surface area contributed by atoms with Crippen molar-refractivity contribution in [2.45, 2.75) is 355 Å².